The fourth-order valence-electron chi connectivity index (χ4n) is 0.476. The highest BCUT2D eigenvalue weighted by atomic mass is 16.4. The Bertz CT molecular complexity index is 94.2. The summed E-state index contributed by atoms with van der Waals surface area (Å²) in [6, 6.07) is -0.810. The molecule has 0 rings (SSSR count). The van der Waals surface area contributed by atoms with E-state index in [4.69, 9.17) is 10.2 Å². The highest BCUT2D eigenvalue weighted by Crippen LogP contribution is 1.79. The van der Waals surface area contributed by atoms with E-state index in [2.05, 4.69) is 5.32 Å². The number of aliphatic hydroxyl groups is 1. The molecule has 54 valence electrons. The Morgan fingerprint density at radius 1 is 1.78 bits per heavy atom. The predicted molar refractivity (Wildman–Crippen MR) is 32.2 cm³/mol. The number of carboxylic acids is 1. The molecule has 0 bridgehead atoms. The third kappa shape index (κ3) is 3.05. The first-order valence-electron chi connectivity index (χ1n) is 2.79. The van der Waals surface area contributed by atoms with Gasteiger partial charge in [-0.1, -0.05) is 6.92 Å². The van der Waals surface area contributed by atoms with E-state index in [0.29, 0.717) is 6.54 Å². The van der Waals surface area contributed by atoms with Crippen molar-refractivity contribution in [2.75, 3.05) is 13.2 Å². The van der Waals surface area contributed by atoms with Gasteiger partial charge in [0.2, 0.25) is 0 Å². The van der Waals surface area contributed by atoms with E-state index in [1.165, 1.54) is 0 Å². The molecule has 0 spiro atoms. The first kappa shape index (κ1) is 8.39. The maximum atomic E-state index is 10.1. The molecular formula is C5H11NO3. The fraction of sp³-hybridized carbons (Fsp3) is 0.800. The van der Waals surface area contributed by atoms with Crippen LogP contribution in [0.5, 0.6) is 0 Å². The van der Waals surface area contributed by atoms with Crippen molar-refractivity contribution in [3.05, 3.63) is 0 Å². The zero-order chi connectivity index (χ0) is 7.28. The number of hydrogen-bond donors (Lipinski definition) is 3. The number of carbonyl (C=O) groups is 1. The molecule has 0 aromatic heterocycles. The lowest BCUT2D eigenvalue weighted by Crippen LogP contribution is -2.39. The molecule has 0 fully saturated rings. The minimum absolute atomic E-state index is 0.358. The van der Waals surface area contributed by atoms with Crippen LogP contribution >= 0.6 is 0 Å². The number of hydrogen-bond acceptors (Lipinski definition) is 3. The van der Waals surface area contributed by atoms with Crippen LogP contribution in [0.15, 0.2) is 0 Å². The van der Waals surface area contributed by atoms with Crippen LogP contribution in [0.25, 0.3) is 0 Å². The average molecular weight is 133 g/mol. The van der Waals surface area contributed by atoms with Gasteiger partial charge in [0, 0.05) is 0 Å². The Balaban J connectivity index is 3.54. The molecule has 0 amide bonds. The number of likely N-dealkylation sites (N-methyl/N-ethyl adjacent to an activating group) is 1. The summed E-state index contributed by atoms with van der Waals surface area (Å²) in [4.78, 5) is 10.1. The third-order valence-electron chi connectivity index (χ3n) is 0.931. The summed E-state index contributed by atoms with van der Waals surface area (Å²) in [6.45, 7) is 1.98. The van der Waals surface area contributed by atoms with E-state index >= 15 is 0 Å². The van der Waals surface area contributed by atoms with Crippen LogP contribution in [0.2, 0.25) is 0 Å². The first-order chi connectivity index (χ1) is 4.22. The number of aliphatic carboxylic acids is 1. The van der Waals surface area contributed by atoms with Gasteiger partial charge in [-0.05, 0) is 6.54 Å². The molecule has 4 heteroatoms. The molecule has 0 saturated heterocycles. The van der Waals surface area contributed by atoms with Gasteiger partial charge < -0.3 is 15.5 Å². The average Bonchev–Trinajstić information content (AvgIpc) is 1.82. The summed E-state index contributed by atoms with van der Waals surface area (Å²) in [6.07, 6.45) is 0. The summed E-state index contributed by atoms with van der Waals surface area (Å²) in [7, 11) is 0. The molecule has 1 atom stereocenters. The fourth-order valence-corrected chi connectivity index (χ4v) is 0.476. The zero-order valence-corrected chi connectivity index (χ0v) is 5.29. The SMILES string of the molecule is CCN[C@@H](CO)C(=O)O. The van der Waals surface area contributed by atoms with Gasteiger partial charge in [-0.3, -0.25) is 4.79 Å². The normalized spacial score (nSPS) is 13.1. The molecule has 9 heavy (non-hydrogen) atoms. The molecular weight excluding hydrogens is 122 g/mol. The smallest absolute Gasteiger partial charge is 0.323 e. The van der Waals surface area contributed by atoms with Crippen LogP contribution < -0.4 is 5.32 Å². The maximum absolute atomic E-state index is 10.1. The Hall–Kier alpha value is -0.610. The molecule has 0 saturated carbocycles. The summed E-state index contributed by atoms with van der Waals surface area (Å²) in [5.41, 5.74) is 0. The second-order valence-electron chi connectivity index (χ2n) is 1.63. The van der Waals surface area contributed by atoms with Crippen molar-refractivity contribution in [2.45, 2.75) is 13.0 Å². The van der Waals surface area contributed by atoms with Crippen molar-refractivity contribution in [3.8, 4) is 0 Å². The number of nitrogens with one attached hydrogen (secondary N) is 1. The molecule has 0 aliphatic heterocycles. The molecule has 0 heterocycles. The summed E-state index contributed by atoms with van der Waals surface area (Å²) in [5, 5.41) is 19.2. The number of aliphatic hydroxyl groups excluding tert-OH is 1. The topological polar surface area (TPSA) is 69.6 Å². The van der Waals surface area contributed by atoms with E-state index in [0.717, 1.165) is 0 Å². The van der Waals surface area contributed by atoms with Gasteiger partial charge in [-0.2, -0.15) is 0 Å². The van der Waals surface area contributed by atoms with Crippen molar-refractivity contribution in [1.29, 1.82) is 0 Å². The van der Waals surface area contributed by atoms with Crippen molar-refractivity contribution >= 4 is 5.97 Å². The lowest BCUT2D eigenvalue weighted by atomic mass is 10.3. The van der Waals surface area contributed by atoms with Crippen LogP contribution in [-0.2, 0) is 4.79 Å². The molecule has 0 aromatic carbocycles. The highest BCUT2D eigenvalue weighted by Gasteiger charge is 2.12. The Morgan fingerprint density at radius 2 is 2.33 bits per heavy atom. The lowest BCUT2D eigenvalue weighted by Gasteiger charge is -2.07. The van der Waals surface area contributed by atoms with Gasteiger partial charge in [0.1, 0.15) is 6.04 Å². The van der Waals surface area contributed by atoms with Crippen molar-refractivity contribution in [2.24, 2.45) is 0 Å². The van der Waals surface area contributed by atoms with Crippen LogP contribution in [0.4, 0.5) is 0 Å². The van der Waals surface area contributed by atoms with E-state index < -0.39 is 12.0 Å². The van der Waals surface area contributed by atoms with E-state index in [1.54, 1.807) is 6.92 Å². The van der Waals surface area contributed by atoms with Gasteiger partial charge in [-0.15, -0.1) is 0 Å². The van der Waals surface area contributed by atoms with E-state index in [1.807, 2.05) is 0 Å². The molecule has 3 N–H and O–H groups in total. The lowest BCUT2D eigenvalue weighted by molar-refractivity contribution is -0.140. The van der Waals surface area contributed by atoms with Gasteiger partial charge in [-0.25, -0.2) is 0 Å². The molecule has 0 unspecified atom stereocenters. The van der Waals surface area contributed by atoms with Gasteiger partial charge >= 0.3 is 5.97 Å². The molecule has 0 aliphatic rings. The summed E-state index contributed by atoms with van der Waals surface area (Å²) >= 11 is 0. The van der Waals surface area contributed by atoms with Crippen molar-refractivity contribution < 1.29 is 15.0 Å². The van der Waals surface area contributed by atoms with Crippen molar-refractivity contribution in [1.82, 2.24) is 5.32 Å². The number of rotatable bonds is 4. The monoisotopic (exact) mass is 133 g/mol. The first-order valence-corrected chi connectivity index (χ1v) is 2.79. The minimum Gasteiger partial charge on any atom is -0.480 e. The number of carboxylic acid groups (broad SMARTS) is 1. The molecule has 0 aromatic rings. The van der Waals surface area contributed by atoms with Crippen LogP contribution in [-0.4, -0.2) is 35.4 Å². The summed E-state index contributed by atoms with van der Waals surface area (Å²) < 4.78 is 0. The third-order valence-corrected chi connectivity index (χ3v) is 0.931. The van der Waals surface area contributed by atoms with Crippen LogP contribution in [0.1, 0.15) is 6.92 Å². The predicted octanol–water partition coefficient (Wildman–Crippen LogP) is -0.959. The summed E-state index contributed by atoms with van der Waals surface area (Å²) in [5.74, 6) is -1.01. The Kier molecular flexibility index (Phi) is 4.00. The Morgan fingerprint density at radius 3 is 2.44 bits per heavy atom. The highest BCUT2D eigenvalue weighted by molar-refractivity contribution is 5.73. The largest absolute Gasteiger partial charge is 0.480 e. The van der Waals surface area contributed by atoms with Gasteiger partial charge in [0.15, 0.2) is 0 Å². The molecule has 0 radical (unpaired) electrons. The molecule has 0 aliphatic carbocycles. The molecule has 4 nitrogen and oxygen atoms in total. The quantitative estimate of drug-likeness (QED) is 0.462. The zero-order valence-electron chi connectivity index (χ0n) is 5.29. The van der Waals surface area contributed by atoms with Crippen molar-refractivity contribution in [3.63, 3.8) is 0 Å². The standard InChI is InChI=1S/C5H11NO3/c1-2-6-4(3-7)5(8)9/h4,6-7H,2-3H2,1H3,(H,8,9)/t4-/m0/s1. The van der Waals surface area contributed by atoms with E-state index in [9.17, 15) is 4.79 Å². The van der Waals surface area contributed by atoms with Gasteiger partial charge in [0.05, 0.1) is 6.61 Å². The maximum Gasteiger partial charge on any atom is 0.323 e. The second kappa shape index (κ2) is 4.29. The van der Waals surface area contributed by atoms with Crippen LogP contribution in [0.3, 0.4) is 0 Å². The Labute approximate surface area is 53.5 Å². The second-order valence-corrected chi connectivity index (χ2v) is 1.63. The van der Waals surface area contributed by atoms with E-state index in [-0.39, 0.29) is 6.61 Å². The van der Waals surface area contributed by atoms with Crippen LogP contribution in [0, 0.1) is 0 Å². The minimum atomic E-state index is -1.01. The van der Waals surface area contributed by atoms with Gasteiger partial charge in [0.25, 0.3) is 0 Å².